The van der Waals surface area contributed by atoms with Crippen molar-refractivity contribution in [1.82, 2.24) is 20.1 Å². The predicted octanol–water partition coefficient (Wildman–Crippen LogP) is 2.13. The molecule has 0 saturated heterocycles. The van der Waals surface area contributed by atoms with Crippen molar-refractivity contribution in [3.05, 3.63) is 23.5 Å². The lowest BCUT2D eigenvalue weighted by atomic mass is 10.0. The van der Waals surface area contributed by atoms with Gasteiger partial charge in [0.05, 0.1) is 17.1 Å². The molecule has 2 rings (SSSR count). The average Bonchev–Trinajstić information content (AvgIpc) is 2.88. The van der Waals surface area contributed by atoms with Crippen molar-refractivity contribution in [3.8, 4) is 0 Å². The van der Waals surface area contributed by atoms with Crippen LogP contribution in [0.5, 0.6) is 0 Å². The minimum Gasteiger partial charge on any atom is -0.370 e. The second kappa shape index (κ2) is 6.98. The predicted molar refractivity (Wildman–Crippen MR) is 92.7 cm³/mol. The Morgan fingerprint density at radius 2 is 1.92 bits per heavy atom. The summed E-state index contributed by atoms with van der Waals surface area (Å²) in [5, 5.41) is 7.89. The first-order chi connectivity index (χ1) is 11.2. The molecule has 0 fully saturated rings. The lowest BCUT2D eigenvalue weighted by molar-refractivity contribution is -0.118. The normalized spacial score (nSPS) is 12.8. The second-order valence-electron chi connectivity index (χ2n) is 6.71. The van der Waals surface area contributed by atoms with Crippen LogP contribution in [0.15, 0.2) is 12.3 Å². The minimum absolute atomic E-state index is 0.0995. The van der Waals surface area contributed by atoms with Gasteiger partial charge in [-0.1, -0.05) is 13.8 Å². The molecule has 2 aromatic rings. The molecule has 0 unspecified atom stereocenters. The molecule has 0 saturated carbocycles. The van der Waals surface area contributed by atoms with Gasteiger partial charge in [-0.15, -0.1) is 0 Å². The Bertz CT molecular complexity index is 764. The molecule has 0 spiro atoms. The van der Waals surface area contributed by atoms with Crippen molar-refractivity contribution in [1.29, 1.82) is 0 Å². The number of fused-ring (bicyclic) bond motifs is 1. The van der Waals surface area contributed by atoms with E-state index in [0.29, 0.717) is 16.6 Å². The van der Waals surface area contributed by atoms with E-state index in [1.807, 2.05) is 32.4 Å². The van der Waals surface area contributed by atoms with E-state index in [1.165, 1.54) is 0 Å². The summed E-state index contributed by atoms with van der Waals surface area (Å²) < 4.78 is 1.81. The molecule has 0 aliphatic heterocycles. The Hall–Kier alpha value is -2.44. The number of pyridine rings is 1. The van der Waals surface area contributed by atoms with Crippen molar-refractivity contribution in [2.75, 3.05) is 0 Å². The van der Waals surface area contributed by atoms with Gasteiger partial charge in [0.2, 0.25) is 5.91 Å². The molecule has 2 amide bonds. The van der Waals surface area contributed by atoms with Crippen LogP contribution in [0.1, 0.15) is 69.1 Å². The average molecular weight is 331 g/mol. The fraction of sp³-hybridized carbons (Fsp3) is 0.529. The summed E-state index contributed by atoms with van der Waals surface area (Å²) in [6, 6.07) is 1.61. The smallest absolute Gasteiger partial charge is 0.252 e. The molecule has 1 atom stereocenters. The van der Waals surface area contributed by atoms with Gasteiger partial charge in [-0.2, -0.15) is 5.10 Å². The topological polar surface area (TPSA) is 103 Å². The summed E-state index contributed by atoms with van der Waals surface area (Å²) in [4.78, 5) is 28.4. The van der Waals surface area contributed by atoms with Gasteiger partial charge in [0, 0.05) is 24.2 Å². The van der Waals surface area contributed by atoms with Gasteiger partial charge < -0.3 is 11.1 Å². The highest BCUT2D eigenvalue weighted by atomic mass is 16.2. The number of nitrogens with one attached hydrogen (secondary N) is 1. The van der Waals surface area contributed by atoms with Crippen LogP contribution in [0.4, 0.5) is 0 Å². The van der Waals surface area contributed by atoms with Crippen LogP contribution < -0.4 is 11.1 Å². The van der Waals surface area contributed by atoms with Crippen LogP contribution in [0.2, 0.25) is 0 Å². The van der Waals surface area contributed by atoms with Crippen molar-refractivity contribution in [2.45, 2.75) is 59.0 Å². The molecule has 3 N–H and O–H groups in total. The lowest BCUT2D eigenvalue weighted by Crippen LogP contribution is -2.35. The number of aromatic nitrogens is 3. The fourth-order valence-corrected chi connectivity index (χ4v) is 2.55. The van der Waals surface area contributed by atoms with Gasteiger partial charge in [0.1, 0.15) is 0 Å². The monoisotopic (exact) mass is 331 g/mol. The fourth-order valence-electron chi connectivity index (χ4n) is 2.55. The van der Waals surface area contributed by atoms with Crippen molar-refractivity contribution >= 4 is 22.8 Å². The zero-order chi connectivity index (χ0) is 18.0. The first kappa shape index (κ1) is 17.9. The van der Waals surface area contributed by atoms with Crippen LogP contribution in [0.3, 0.4) is 0 Å². The molecule has 2 heterocycles. The third kappa shape index (κ3) is 3.72. The van der Waals surface area contributed by atoms with E-state index in [9.17, 15) is 9.59 Å². The number of nitrogens with two attached hydrogens (primary N) is 1. The molecule has 7 heteroatoms. The molecule has 0 aliphatic carbocycles. The number of hydrogen-bond donors (Lipinski definition) is 2. The number of rotatable bonds is 6. The van der Waals surface area contributed by atoms with Crippen LogP contribution in [0, 0.1) is 0 Å². The maximum Gasteiger partial charge on any atom is 0.252 e. The highest BCUT2D eigenvalue weighted by molar-refractivity contribution is 6.05. The standard InChI is InChI=1S/C17H25N5O2/c1-9(2)14-7-12(17(24)20-11(5)6-15(18)23)13-8-19-22(10(3)4)16(13)21-14/h7-11H,6H2,1-5H3,(H2,18,23)(H,20,24)/t11-/m1/s1. The number of amides is 2. The molecule has 0 aliphatic rings. The molecule has 0 radical (unpaired) electrons. The molecule has 130 valence electrons. The van der Waals surface area contributed by atoms with E-state index >= 15 is 0 Å². The molecule has 0 aromatic carbocycles. The molecular formula is C17H25N5O2. The van der Waals surface area contributed by atoms with E-state index in [2.05, 4.69) is 15.4 Å². The van der Waals surface area contributed by atoms with E-state index in [0.717, 1.165) is 5.69 Å². The third-order valence-corrected chi connectivity index (χ3v) is 3.80. The Balaban J connectivity index is 2.48. The SMILES string of the molecule is CC(C)c1cc(C(=O)N[C@H](C)CC(N)=O)c2cnn(C(C)C)c2n1. The van der Waals surface area contributed by atoms with E-state index in [4.69, 9.17) is 5.73 Å². The Morgan fingerprint density at radius 1 is 1.25 bits per heavy atom. The molecule has 2 aromatic heterocycles. The molecule has 7 nitrogen and oxygen atoms in total. The van der Waals surface area contributed by atoms with Crippen LogP contribution >= 0.6 is 0 Å². The van der Waals surface area contributed by atoms with Crippen LogP contribution in [0.25, 0.3) is 11.0 Å². The summed E-state index contributed by atoms with van der Waals surface area (Å²) in [5.74, 6) is -0.515. The first-order valence-electron chi connectivity index (χ1n) is 8.18. The van der Waals surface area contributed by atoms with Crippen LogP contribution in [-0.2, 0) is 4.79 Å². The number of nitrogens with zero attached hydrogens (tertiary/aromatic N) is 3. The number of hydrogen-bond acceptors (Lipinski definition) is 4. The van der Waals surface area contributed by atoms with Gasteiger partial charge in [-0.25, -0.2) is 9.67 Å². The van der Waals surface area contributed by atoms with Gasteiger partial charge in [-0.05, 0) is 32.8 Å². The number of primary amides is 1. The lowest BCUT2D eigenvalue weighted by Gasteiger charge is -2.15. The maximum absolute atomic E-state index is 12.7. The van der Waals surface area contributed by atoms with Gasteiger partial charge in [0.15, 0.2) is 5.65 Å². The summed E-state index contributed by atoms with van der Waals surface area (Å²) in [5.41, 5.74) is 7.23. The molecular weight excluding hydrogens is 306 g/mol. The van der Waals surface area contributed by atoms with Crippen molar-refractivity contribution < 1.29 is 9.59 Å². The van der Waals surface area contributed by atoms with E-state index in [1.54, 1.807) is 19.2 Å². The summed E-state index contributed by atoms with van der Waals surface area (Å²) in [7, 11) is 0. The number of carbonyl (C=O) groups excluding carboxylic acids is 2. The van der Waals surface area contributed by atoms with E-state index in [-0.39, 0.29) is 30.3 Å². The minimum atomic E-state index is -0.446. The highest BCUT2D eigenvalue weighted by Crippen LogP contribution is 2.24. The Labute approximate surface area is 141 Å². The Morgan fingerprint density at radius 3 is 2.46 bits per heavy atom. The zero-order valence-electron chi connectivity index (χ0n) is 14.8. The van der Waals surface area contributed by atoms with Gasteiger partial charge >= 0.3 is 0 Å². The van der Waals surface area contributed by atoms with Crippen molar-refractivity contribution in [2.24, 2.45) is 5.73 Å². The van der Waals surface area contributed by atoms with Crippen LogP contribution in [-0.4, -0.2) is 32.6 Å². The summed E-state index contributed by atoms with van der Waals surface area (Å²) in [6.07, 6.45) is 1.77. The third-order valence-electron chi connectivity index (χ3n) is 3.80. The second-order valence-corrected chi connectivity index (χ2v) is 6.71. The Kier molecular flexibility index (Phi) is 5.21. The zero-order valence-corrected chi connectivity index (χ0v) is 14.8. The van der Waals surface area contributed by atoms with Gasteiger partial charge in [-0.3, -0.25) is 9.59 Å². The highest BCUT2D eigenvalue weighted by Gasteiger charge is 2.20. The maximum atomic E-state index is 12.7. The first-order valence-corrected chi connectivity index (χ1v) is 8.18. The summed E-state index contributed by atoms with van der Waals surface area (Å²) >= 11 is 0. The summed E-state index contributed by atoms with van der Waals surface area (Å²) in [6.45, 7) is 9.85. The molecule has 0 bridgehead atoms. The quantitative estimate of drug-likeness (QED) is 0.846. The van der Waals surface area contributed by atoms with E-state index < -0.39 is 5.91 Å². The number of carbonyl (C=O) groups is 2. The molecule has 24 heavy (non-hydrogen) atoms. The van der Waals surface area contributed by atoms with Gasteiger partial charge in [0.25, 0.3) is 5.91 Å². The largest absolute Gasteiger partial charge is 0.370 e. The van der Waals surface area contributed by atoms with Crippen molar-refractivity contribution in [3.63, 3.8) is 0 Å².